The topological polar surface area (TPSA) is 49.8 Å². The van der Waals surface area contributed by atoms with Crippen LogP contribution in [0.5, 0.6) is 5.75 Å². The summed E-state index contributed by atoms with van der Waals surface area (Å²) in [6.07, 6.45) is 0. The fourth-order valence-corrected chi connectivity index (χ4v) is 1.89. The van der Waals surface area contributed by atoms with E-state index in [1.54, 1.807) is 29.2 Å². The van der Waals surface area contributed by atoms with Gasteiger partial charge in [0.05, 0.1) is 6.61 Å². The third-order valence-electron chi connectivity index (χ3n) is 2.91. The van der Waals surface area contributed by atoms with Crippen molar-refractivity contribution in [3.63, 3.8) is 0 Å². The summed E-state index contributed by atoms with van der Waals surface area (Å²) in [5.41, 5.74) is 0.671. The number of rotatable bonds is 4. The van der Waals surface area contributed by atoms with Crippen molar-refractivity contribution in [2.45, 2.75) is 6.92 Å². The van der Waals surface area contributed by atoms with E-state index in [2.05, 4.69) is 0 Å². The van der Waals surface area contributed by atoms with Crippen LogP contribution in [0.2, 0.25) is 0 Å². The van der Waals surface area contributed by atoms with E-state index in [0.717, 1.165) is 5.75 Å². The minimum atomic E-state index is 0.0257. The first-order chi connectivity index (χ1) is 8.24. The van der Waals surface area contributed by atoms with Crippen molar-refractivity contribution < 1.29 is 14.6 Å². The van der Waals surface area contributed by atoms with Gasteiger partial charge in [-0.25, -0.2) is 0 Å². The number of aliphatic hydroxyl groups excluding tert-OH is 1. The first-order valence-corrected chi connectivity index (χ1v) is 5.87. The quantitative estimate of drug-likeness (QED) is 0.851. The van der Waals surface area contributed by atoms with Crippen LogP contribution in [0.25, 0.3) is 0 Å². The van der Waals surface area contributed by atoms with Crippen molar-refractivity contribution in [2.75, 3.05) is 26.3 Å². The van der Waals surface area contributed by atoms with E-state index < -0.39 is 0 Å². The van der Waals surface area contributed by atoms with Crippen molar-refractivity contribution in [2.24, 2.45) is 5.92 Å². The van der Waals surface area contributed by atoms with Crippen molar-refractivity contribution in [1.29, 1.82) is 0 Å². The van der Waals surface area contributed by atoms with Gasteiger partial charge in [0.1, 0.15) is 5.75 Å². The van der Waals surface area contributed by atoms with Crippen LogP contribution >= 0.6 is 0 Å². The van der Waals surface area contributed by atoms with Gasteiger partial charge in [0.15, 0.2) is 0 Å². The molecule has 1 saturated heterocycles. The summed E-state index contributed by atoms with van der Waals surface area (Å²) in [6, 6.07) is 7.17. The highest BCUT2D eigenvalue weighted by Crippen LogP contribution is 2.19. The maximum absolute atomic E-state index is 12.0. The van der Waals surface area contributed by atoms with Crippen LogP contribution < -0.4 is 4.74 Å². The van der Waals surface area contributed by atoms with Gasteiger partial charge in [0.2, 0.25) is 0 Å². The Morgan fingerprint density at radius 1 is 1.41 bits per heavy atom. The minimum absolute atomic E-state index is 0.0257. The van der Waals surface area contributed by atoms with Crippen molar-refractivity contribution in [1.82, 2.24) is 4.90 Å². The molecule has 4 heteroatoms. The van der Waals surface area contributed by atoms with Crippen molar-refractivity contribution in [3.05, 3.63) is 29.8 Å². The summed E-state index contributed by atoms with van der Waals surface area (Å²) in [5, 5.41) is 8.90. The molecule has 0 saturated carbocycles. The molecule has 1 heterocycles. The molecule has 1 aromatic rings. The summed E-state index contributed by atoms with van der Waals surface area (Å²) < 4.78 is 5.32. The second kappa shape index (κ2) is 5.19. The van der Waals surface area contributed by atoms with Crippen LogP contribution in [0.15, 0.2) is 24.3 Å². The molecule has 0 spiro atoms. The summed E-state index contributed by atoms with van der Waals surface area (Å²) >= 11 is 0. The number of amides is 1. The SMILES string of the molecule is CCOc1ccc(C(=O)N2CC(CO)C2)cc1. The molecule has 1 aliphatic heterocycles. The molecule has 0 aliphatic carbocycles. The zero-order valence-corrected chi connectivity index (χ0v) is 9.93. The maximum Gasteiger partial charge on any atom is 0.253 e. The third kappa shape index (κ3) is 2.58. The Morgan fingerprint density at radius 3 is 2.59 bits per heavy atom. The Labute approximate surface area is 101 Å². The number of benzene rings is 1. The zero-order chi connectivity index (χ0) is 12.3. The first-order valence-electron chi connectivity index (χ1n) is 5.87. The number of likely N-dealkylation sites (tertiary alicyclic amines) is 1. The molecule has 0 bridgehead atoms. The summed E-state index contributed by atoms with van der Waals surface area (Å²) in [4.78, 5) is 13.7. The summed E-state index contributed by atoms with van der Waals surface area (Å²) in [7, 11) is 0. The normalized spacial score (nSPS) is 15.5. The van der Waals surface area contributed by atoms with E-state index in [1.165, 1.54) is 0 Å². The second-order valence-corrected chi connectivity index (χ2v) is 4.22. The van der Waals surface area contributed by atoms with Gasteiger partial charge in [-0.3, -0.25) is 4.79 Å². The van der Waals surface area contributed by atoms with E-state index >= 15 is 0 Å². The van der Waals surface area contributed by atoms with Gasteiger partial charge in [-0.05, 0) is 31.2 Å². The molecule has 1 fully saturated rings. The predicted octanol–water partition coefficient (Wildman–Crippen LogP) is 1.15. The maximum atomic E-state index is 12.0. The number of carbonyl (C=O) groups excluding carboxylic acids is 1. The van der Waals surface area contributed by atoms with E-state index in [4.69, 9.17) is 9.84 Å². The number of hydrogen-bond acceptors (Lipinski definition) is 3. The molecule has 4 nitrogen and oxygen atoms in total. The average molecular weight is 235 g/mol. The minimum Gasteiger partial charge on any atom is -0.494 e. The molecule has 0 atom stereocenters. The zero-order valence-electron chi connectivity index (χ0n) is 9.93. The highest BCUT2D eigenvalue weighted by Gasteiger charge is 2.30. The first kappa shape index (κ1) is 11.9. The monoisotopic (exact) mass is 235 g/mol. The molecule has 1 aliphatic rings. The van der Waals surface area contributed by atoms with E-state index in [9.17, 15) is 4.79 Å². The molecular formula is C13H17NO3. The van der Waals surface area contributed by atoms with Crippen LogP contribution in [-0.2, 0) is 0 Å². The smallest absolute Gasteiger partial charge is 0.253 e. The van der Waals surface area contributed by atoms with Gasteiger partial charge in [-0.2, -0.15) is 0 Å². The van der Waals surface area contributed by atoms with Crippen LogP contribution in [0.1, 0.15) is 17.3 Å². The van der Waals surface area contributed by atoms with E-state index in [1.807, 2.05) is 6.92 Å². The molecule has 1 aromatic carbocycles. The molecule has 92 valence electrons. The molecule has 17 heavy (non-hydrogen) atoms. The fourth-order valence-electron chi connectivity index (χ4n) is 1.89. The molecule has 0 unspecified atom stereocenters. The number of aliphatic hydroxyl groups is 1. The Hall–Kier alpha value is -1.55. The number of carbonyl (C=O) groups is 1. The van der Waals surface area contributed by atoms with E-state index in [0.29, 0.717) is 25.3 Å². The van der Waals surface area contributed by atoms with Crippen LogP contribution in [0, 0.1) is 5.92 Å². The van der Waals surface area contributed by atoms with Crippen LogP contribution in [-0.4, -0.2) is 42.2 Å². The van der Waals surface area contributed by atoms with Gasteiger partial charge in [0, 0.05) is 31.2 Å². The molecule has 0 radical (unpaired) electrons. The lowest BCUT2D eigenvalue weighted by atomic mass is 10.00. The summed E-state index contributed by atoms with van der Waals surface area (Å²) in [6.45, 7) is 4.02. The standard InChI is InChI=1S/C13H17NO3/c1-2-17-12-5-3-11(4-6-12)13(16)14-7-10(8-14)9-15/h3-6,10,15H,2,7-9H2,1H3. The van der Waals surface area contributed by atoms with Gasteiger partial charge in [-0.15, -0.1) is 0 Å². The van der Waals surface area contributed by atoms with Gasteiger partial charge in [0.25, 0.3) is 5.91 Å². The largest absolute Gasteiger partial charge is 0.494 e. The second-order valence-electron chi connectivity index (χ2n) is 4.22. The molecule has 1 amide bonds. The lowest BCUT2D eigenvalue weighted by molar-refractivity contribution is 0.0362. The molecule has 1 N–H and O–H groups in total. The molecule has 0 aromatic heterocycles. The number of ether oxygens (including phenoxy) is 1. The fraction of sp³-hybridized carbons (Fsp3) is 0.462. The predicted molar refractivity (Wildman–Crippen MR) is 64.1 cm³/mol. The van der Waals surface area contributed by atoms with Gasteiger partial charge < -0.3 is 14.7 Å². The number of hydrogen-bond donors (Lipinski definition) is 1. The van der Waals surface area contributed by atoms with Gasteiger partial charge >= 0.3 is 0 Å². The van der Waals surface area contributed by atoms with Crippen LogP contribution in [0.4, 0.5) is 0 Å². The molecule has 2 rings (SSSR count). The highest BCUT2D eigenvalue weighted by molar-refractivity contribution is 5.94. The Balaban J connectivity index is 1.96. The third-order valence-corrected chi connectivity index (χ3v) is 2.91. The highest BCUT2D eigenvalue weighted by atomic mass is 16.5. The molecular weight excluding hydrogens is 218 g/mol. The van der Waals surface area contributed by atoms with Crippen molar-refractivity contribution in [3.8, 4) is 5.75 Å². The Morgan fingerprint density at radius 2 is 2.06 bits per heavy atom. The summed E-state index contributed by atoms with van der Waals surface area (Å²) in [5.74, 6) is 1.06. The van der Waals surface area contributed by atoms with E-state index in [-0.39, 0.29) is 18.4 Å². The van der Waals surface area contributed by atoms with Gasteiger partial charge in [-0.1, -0.05) is 0 Å². The Kier molecular flexibility index (Phi) is 3.64. The van der Waals surface area contributed by atoms with Crippen molar-refractivity contribution >= 4 is 5.91 Å². The Bertz CT molecular complexity index is 382. The lowest BCUT2D eigenvalue weighted by Gasteiger charge is -2.38. The van der Waals surface area contributed by atoms with Crippen LogP contribution in [0.3, 0.4) is 0 Å². The number of nitrogens with zero attached hydrogens (tertiary/aromatic N) is 1. The average Bonchev–Trinajstić information content (AvgIpc) is 2.29. The lowest BCUT2D eigenvalue weighted by Crippen LogP contribution is -2.51.